The summed E-state index contributed by atoms with van der Waals surface area (Å²) in [6, 6.07) is 20.0. The molecule has 0 spiro atoms. The van der Waals surface area contributed by atoms with Crippen LogP contribution in [0.4, 0.5) is 5.69 Å². The minimum Gasteiger partial charge on any atom is -0.485 e. The first kappa shape index (κ1) is 19.7. The molecule has 2 aliphatic rings. The van der Waals surface area contributed by atoms with Crippen LogP contribution in [0.5, 0.6) is 5.75 Å². The Hall–Kier alpha value is -3.28. The van der Waals surface area contributed by atoms with Crippen molar-refractivity contribution in [2.45, 2.75) is 31.8 Å². The van der Waals surface area contributed by atoms with Crippen molar-refractivity contribution in [1.82, 2.24) is 14.7 Å². The van der Waals surface area contributed by atoms with Crippen molar-refractivity contribution in [2.75, 3.05) is 31.6 Å². The van der Waals surface area contributed by atoms with E-state index >= 15 is 0 Å². The number of hydrogen-bond donors (Lipinski definition) is 0. The molecule has 0 radical (unpaired) electrons. The second kappa shape index (κ2) is 8.10. The molecule has 6 nitrogen and oxygen atoms in total. The van der Waals surface area contributed by atoms with Gasteiger partial charge in [-0.3, -0.25) is 4.79 Å². The van der Waals surface area contributed by atoms with Crippen LogP contribution in [0.25, 0.3) is 5.69 Å². The Morgan fingerprint density at radius 1 is 1.13 bits per heavy atom. The van der Waals surface area contributed by atoms with E-state index < -0.39 is 0 Å². The van der Waals surface area contributed by atoms with Gasteiger partial charge >= 0.3 is 0 Å². The Balaban J connectivity index is 1.37. The molecule has 0 bridgehead atoms. The van der Waals surface area contributed by atoms with Crippen molar-refractivity contribution in [1.29, 1.82) is 0 Å². The maximum Gasteiger partial charge on any atom is 0.272 e. The van der Waals surface area contributed by atoms with Gasteiger partial charge < -0.3 is 14.5 Å². The van der Waals surface area contributed by atoms with Crippen molar-refractivity contribution >= 4 is 11.6 Å². The van der Waals surface area contributed by atoms with Crippen LogP contribution in [-0.4, -0.2) is 53.4 Å². The summed E-state index contributed by atoms with van der Waals surface area (Å²) in [4.78, 5) is 17.5. The van der Waals surface area contributed by atoms with Crippen LogP contribution in [0, 0.1) is 0 Å². The van der Waals surface area contributed by atoms with Crippen molar-refractivity contribution in [3.05, 3.63) is 72.1 Å². The van der Waals surface area contributed by atoms with Gasteiger partial charge in [0, 0.05) is 19.5 Å². The van der Waals surface area contributed by atoms with Crippen LogP contribution in [0.15, 0.2) is 60.7 Å². The fraction of sp³-hybridized carbons (Fsp3) is 0.360. The first-order valence-electron chi connectivity index (χ1n) is 11.1. The van der Waals surface area contributed by atoms with E-state index in [0.29, 0.717) is 18.2 Å². The van der Waals surface area contributed by atoms with Gasteiger partial charge in [0.1, 0.15) is 17.5 Å². The Bertz CT molecular complexity index is 1070. The molecule has 160 valence electrons. The zero-order valence-corrected chi connectivity index (χ0v) is 18.1. The molecule has 6 heteroatoms. The fourth-order valence-electron chi connectivity index (χ4n) is 4.25. The van der Waals surface area contributed by atoms with E-state index in [-0.39, 0.29) is 12.0 Å². The summed E-state index contributed by atoms with van der Waals surface area (Å²) in [5.74, 6) is 1.33. The van der Waals surface area contributed by atoms with Crippen LogP contribution in [0.3, 0.4) is 0 Å². The predicted molar refractivity (Wildman–Crippen MR) is 121 cm³/mol. The number of anilines is 1. The Labute approximate surface area is 183 Å². The van der Waals surface area contributed by atoms with Crippen molar-refractivity contribution in [3.63, 3.8) is 0 Å². The zero-order chi connectivity index (χ0) is 21.4. The van der Waals surface area contributed by atoms with E-state index in [1.54, 1.807) is 9.58 Å². The molecule has 1 unspecified atom stereocenters. The number of carbonyl (C=O) groups is 1. The van der Waals surface area contributed by atoms with Gasteiger partial charge in [0.2, 0.25) is 0 Å². The van der Waals surface area contributed by atoms with Crippen LogP contribution in [0.2, 0.25) is 0 Å². The average Bonchev–Trinajstić information content (AvgIpc) is 3.57. The number of ether oxygens (including phenoxy) is 1. The van der Waals surface area contributed by atoms with Crippen LogP contribution in [-0.2, 0) is 0 Å². The third-order valence-corrected chi connectivity index (χ3v) is 6.07. The maximum atomic E-state index is 13.5. The highest BCUT2D eigenvalue weighted by Gasteiger charge is 2.31. The molecular weight excluding hydrogens is 388 g/mol. The molecule has 2 heterocycles. The molecule has 3 aromatic rings. The largest absolute Gasteiger partial charge is 0.485 e. The molecule has 5 rings (SSSR count). The number of benzene rings is 2. The van der Waals surface area contributed by atoms with Gasteiger partial charge in [-0.15, -0.1) is 0 Å². The third kappa shape index (κ3) is 3.90. The smallest absolute Gasteiger partial charge is 0.272 e. The fourth-order valence-corrected chi connectivity index (χ4v) is 4.25. The van der Waals surface area contributed by atoms with E-state index in [2.05, 4.69) is 17.9 Å². The number of amides is 1. The number of para-hydroxylation sites is 3. The summed E-state index contributed by atoms with van der Waals surface area (Å²) in [7, 11) is 1.85. The lowest BCUT2D eigenvalue weighted by Gasteiger charge is -2.37. The summed E-state index contributed by atoms with van der Waals surface area (Å²) < 4.78 is 8.02. The van der Waals surface area contributed by atoms with E-state index in [4.69, 9.17) is 9.84 Å². The quantitative estimate of drug-likeness (QED) is 0.607. The number of nitrogens with zero attached hydrogens (tertiary/aromatic N) is 4. The minimum absolute atomic E-state index is 0.0336. The highest BCUT2D eigenvalue weighted by Crippen LogP contribution is 2.40. The van der Waals surface area contributed by atoms with Crippen molar-refractivity contribution in [3.8, 4) is 11.4 Å². The van der Waals surface area contributed by atoms with Gasteiger partial charge in [0.05, 0.1) is 30.2 Å². The molecule has 1 fully saturated rings. The Kier molecular flexibility index (Phi) is 5.14. The summed E-state index contributed by atoms with van der Waals surface area (Å²) in [5.41, 5.74) is 3.65. The monoisotopic (exact) mass is 416 g/mol. The molecule has 0 saturated heterocycles. The molecule has 1 aliphatic heterocycles. The number of hydrogen-bond acceptors (Lipinski definition) is 4. The molecule has 1 atom stereocenters. The summed E-state index contributed by atoms with van der Waals surface area (Å²) in [5, 5.41) is 4.78. The van der Waals surface area contributed by atoms with Gasteiger partial charge in [-0.2, -0.15) is 5.10 Å². The van der Waals surface area contributed by atoms with Crippen molar-refractivity contribution in [2.24, 2.45) is 0 Å². The SMILES string of the molecule is CCN1CC(CN(C)C(=O)c2cc(C3CC3)nn2-c2ccccc2)Oc2ccccc21. The molecule has 2 aromatic carbocycles. The predicted octanol–water partition coefficient (Wildman–Crippen LogP) is 4.11. The lowest BCUT2D eigenvalue weighted by Crippen LogP contribution is -2.47. The lowest BCUT2D eigenvalue weighted by molar-refractivity contribution is 0.0701. The summed E-state index contributed by atoms with van der Waals surface area (Å²) >= 11 is 0. The Morgan fingerprint density at radius 3 is 2.61 bits per heavy atom. The number of aromatic nitrogens is 2. The average molecular weight is 417 g/mol. The zero-order valence-electron chi connectivity index (χ0n) is 18.1. The molecule has 1 saturated carbocycles. The topological polar surface area (TPSA) is 50.6 Å². The molecular formula is C25H28N4O2. The molecule has 0 N–H and O–H groups in total. The maximum absolute atomic E-state index is 13.5. The number of rotatable bonds is 6. The van der Waals surface area contributed by atoms with Gasteiger partial charge in [0.15, 0.2) is 0 Å². The summed E-state index contributed by atoms with van der Waals surface area (Å²) in [6.07, 6.45) is 2.22. The van der Waals surface area contributed by atoms with E-state index in [1.165, 1.54) is 0 Å². The van der Waals surface area contributed by atoms with Crippen molar-refractivity contribution < 1.29 is 9.53 Å². The molecule has 1 aliphatic carbocycles. The van der Waals surface area contributed by atoms with E-state index in [9.17, 15) is 4.79 Å². The first-order chi connectivity index (χ1) is 15.1. The molecule has 1 amide bonds. The van der Waals surface area contributed by atoms with Gasteiger partial charge in [-0.1, -0.05) is 30.3 Å². The Morgan fingerprint density at radius 2 is 1.87 bits per heavy atom. The van der Waals surface area contributed by atoms with E-state index in [0.717, 1.165) is 48.7 Å². The second-order valence-electron chi connectivity index (χ2n) is 8.41. The van der Waals surface area contributed by atoms with Crippen LogP contribution >= 0.6 is 0 Å². The van der Waals surface area contributed by atoms with Gasteiger partial charge in [-0.05, 0) is 50.1 Å². The molecule has 31 heavy (non-hydrogen) atoms. The standard InChI is InChI=1S/C25H28N4O2/c1-3-28-17-20(31-24-12-8-7-11-22(24)28)16-27(2)25(30)23-15-21(18-13-14-18)26-29(23)19-9-5-4-6-10-19/h4-12,15,18,20H,3,13-14,16-17H2,1-2H3. The number of fused-ring (bicyclic) bond motifs is 1. The highest BCUT2D eigenvalue weighted by molar-refractivity contribution is 5.93. The van der Waals surface area contributed by atoms with E-state index in [1.807, 2.05) is 61.6 Å². The van der Waals surface area contributed by atoms with Crippen LogP contribution in [0.1, 0.15) is 41.9 Å². The first-order valence-corrected chi connectivity index (χ1v) is 11.1. The highest BCUT2D eigenvalue weighted by atomic mass is 16.5. The number of carbonyl (C=O) groups excluding carboxylic acids is 1. The normalized spacial score (nSPS) is 17.7. The van der Waals surface area contributed by atoms with Gasteiger partial charge in [-0.25, -0.2) is 4.68 Å². The molecule has 1 aromatic heterocycles. The minimum atomic E-state index is -0.0835. The summed E-state index contributed by atoms with van der Waals surface area (Å²) in [6.45, 7) is 4.32. The number of likely N-dealkylation sites (N-methyl/N-ethyl adjacent to an activating group) is 2. The lowest BCUT2D eigenvalue weighted by atomic mass is 10.1. The second-order valence-corrected chi connectivity index (χ2v) is 8.41. The third-order valence-electron chi connectivity index (χ3n) is 6.07. The van der Waals surface area contributed by atoms with Gasteiger partial charge in [0.25, 0.3) is 5.91 Å². The van der Waals surface area contributed by atoms with Crippen LogP contribution < -0.4 is 9.64 Å².